The molecule has 0 spiro atoms. The first-order valence-corrected chi connectivity index (χ1v) is 23.5. The van der Waals surface area contributed by atoms with Crippen molar-refractivity contribution in [3.8, 4) is 29.6 Å². The first-order valence-electron chi connectivity index (χ1n) is 23.5. The lowest BCUT2D eigenvalue weighted by molar-refractivity contribution is 0.0306. The zero-order valence-electron chi connectivity index (χ0n) is 39.2. The molecule has 4 aliphatic rings. The van der Waals surface area contributed by atoms with E-state index in [4.69, 9.17) is 9.47 Å². The third-order valence-electron chi connectivity index (χ3n) is 13.4. The molecule has 320 valence electrons. The first-order chi connectivity index (χ1) is 28.1. The Kier molecular flexibility index (Phi) is 16.3. The highest BCUT2D eigenvalue weighted by Crippen LogP contribution is 2.60. The van der Waals surface area contributed by atoms with Gasteiger partial charge < -0.3 is 9.47 Å². The van der Waals surface area contributed by atoms with Crippen LogP contribution in [0.1, 0.15) is 181 Å². The third kappa shape index (κ3) is 12.2. The minimum absolute atomic E-state index is 0.0139. The van der Waals surface area contributed by atoms with Crippen molar-refractivity contribution in [3.05, 3.63) is 112 Å². The lowest BCUT2D eigenvalue weighted by atomic mass is 9.47. The van der Waals surface area contributed by atoms with Crippen LogP contribution in [-0.2, 0) is 18.3 Å². The van der Waals surface area contributed by atoms with Crippen LogP contribution in [0.15, 0.2) is 84.1 Å². The second-order valence-electron chi connectivity index (χ2n) is 21.2. The van der Waals surface area contributed by atoms with Gasteiger partial charge in [0.15, 0.2) is 0 Å². The first kappa shape index (κ1) is 46.4. The van der Waals surface area contributed by atoms with E-state index in [1.807, 2.05) is 0 Å². The number of hydrogen-bond donors (Lipinski definition) is 0. The van der Waals surface area contributed by atoms with Gasteiger partial charge in [0.25, 0.3) is 0 Å². The van der Waals surface area contributed by atoms with Crippen LogP contribution in [0.4, 0.5) is 0 Å². The van der Waals surface area contributed by atoms with E-state index >= 15 is 0 Å². The van der Waals surface area contributed by atoms with Crippen LogP contribution in [0, 0.1) is 53.8 Å². The fraction of sp³-hybridized carbons (Fsp3) is 0.579. The molecule has 2 saturated carbocycles. The number of hydrogen-bond acceptors (Lipinski definition) is 2. The van der Waals surface area contributed by atoms with E-state index in [0.29, 0.717) is 17.3 Å². The Morgan fingerprint density at radius 2 is 1.20 bits per heavy atom. The molecule has 0 amide bonds. The summed E-state index contributed by atoms with van der Waals surface area (Å²) in [4.78, 5) is 0. The summed E-state index contributed by atoms with van der Waals surface area (Å²) >= 11 is 0. The Balaban J connectivity index is 0.000000760. The predicted octanol–water partition coefficient (Wildman–Crippen LogP) is 16.7. The lowest BCUT2D eigenvalue weighted by Crippen LogP contribution is -2.51. The number of allylic oxidation sites excluding steroid dienone is 4. The molecule has 0 N–H and O–H groups in total. The molecule has 3 aromatic carbocycles. The highest BCUT2D eigenvalue weighted by atomic mass is 16.5. The van der Waals surface area contributed by atoms with Gasteiger partial charge in [-0.05, 0) is 183 Å². The highest BCUT2D eigenvalue weighted by Gasteiger charge is 2.53. The molecule has 7 rings (SSSR count). The summed E-state index contributed by atoms with van der Waals surface area (Å²) < 4.78 is 13.4. The minimum atomic E-state index is -0.0139. The van der Waals surface area contributed by atoms with Crippen LogP contribution < -0.4 is 9.47 Å². The van der Waals surface area contributed by atoms with Crippen molar-refractivity contribution in [2.24, 2.45) is 34.5 Å². The van der Waals surface area contributed by atoms with E-state index < -0.39 is 0 Å². The molecule has 2 bridgehead atoms. The molecule has 0 aliphatic heterocycles. The van der Waals surface area contributed by atoms with E-state index in [9.17, 15) is 0 Å². The zero-order valence-corrected chi connectivity index (χ0v) is 39.2. The largest absolute Gasteiger partial charge is 0.462 e. The van der Waals surface area contributed by atoms with Crippen LogP contribution in [-0.4, -0.2) is 0 Å². The Morgan fingerprint density at radius 3 is 1.78 bits per heavy atom. The van der Waals surface area contributed by atoms with Gasteiger partial charge in [-0.2, -0.15) is 0 Å². The molecule has 0 radical (unpaired) electrons. The third-order valence-corrected chi connectivity index (χ3v) is 13.4. The highest BCUT2D eigenvalue weighted by molar-refractivity contribution is 5.50. The fourth-order valence-electron chi connectivity index (χ4n) is 10.9. The van der Waals surface area contributed by atoms with Crippen molar-refractivity contribution >= 4 is 0 Å². The van der Waals surface area contributed by atoms with Crippen LogP contribution in [0.5, 0.6) is 17.2 Å². The molecule has 4 aliphatic carbocycles. The summed E-state index contributed by atoms with van der Waals surface area (Å²) in [6.45, 7) is 24.6. The van der Waals surface area contributed by atoms with Gasteiger partial charge in [0.05, 0.1) is 0 Å². The van der Waals surface area contributed by atoms with E-state index in [1.54, 1.807) is 6.92 Å². The second-order valence-corrected chi connectivity index (χ2v) is 21.2. The smallest absolute Gasteiger partial charge is 0.130 e. The number of rotatable bonds is 7. The summed E-state index contributed by atoms with van der Waals surface area (Å²) in [5.74, 6) is 9.18. The topological polar surface area (TPSA) is 18.5 Å². The number of terminal acetylenes is 1. The van der Waals surface area contributed by atoms with Crippen molar-refractivity contribution in [1.82, 2.24) is 0 Å². The maximum atomic E-state index is 6.70. The number of fused-ring (bicyclic) bond motifs is 3. The molecule has 5 atom stereocenters. The molecule has 2 nitrogen and oxygen atoms in total. The second kappa shape index (κ2) is 20.7. The van der Waals surface area contributed by atoms with Gasteiger partial charge in [0, 0.05) is 11.8 Å². The van der Waals surface area contributed by atoms with E-state index in [1.165, 1.54) is 117 Å². The number of ether oxygens (including phenoxy) is 2. The van der Waals surface area contributed by atoms with Crippen molar-refractivity contribution in [1.29, 1.82) is 0 Å². The van der Waals surface area contributed by atoms with Crippen LogP contribution in [0.3, 0.4) is 0 Å². The van der Waals surface area contributed by atoms with E-state index in [-0.39, 0.29) is 10.8 Å². The normalized spacial score (nSPS) is 26.3. The molecule has 5 unspecified atom stereocenters. The standard InChI is InChI=1S/C49H64O2.C5H12.C3H4/c1-7-37-32-36-30-34(2)31-41(33-36)49(37,40-22-27-44(28-23-40)51-47-29-18-35(3)45-16-12-13-17-46(45)47)39-20-25-43(26-21-39)50-42-15-11-9-8-10-14-38(19-24-42)48(4,5)6;1-5(2,3)4;1-3-2/h18-29,34,36-37,41H,7-17,30-33H2,1-6H3;1-4H3;1H,2H3/b38-19+,42-24+;;. The van der Waals surface area contributed by atoms with Gasteiger partial charge in [0.1, 0.15) is 23.0 Å². The predicted molar refractivity (Wildman–Crippen MR) is 254 cm³/mol. The summed E-state index contributed by atoms with van der Waals surface area (Å²) in [6, 6.07) is 23.2. The van der Waals surface area contributed by atoms with Gasteiger partial charge in [-0.1, -0.05) is 124 Å². The molecular formula is C57H80O2. The molecule has 0 heterocycles. The molecule has 2 fully saturated rings. The summed E-state index contributed by atoms with van der Waals surface area (Å²) in [5.41, 5.74) is 9.49. The quantitative estimate of drug-likeness (QED) is 0.222. The van der Waals surface area contributed by atoms with Crippen molar-refractivity contribution in [3.63, 3.8) is 0 Å². The number of aryl methyl sites for hydroxylation is 1. The fourth-order valence-corrected chi connectivity index (χ4v) is 10.9. The Morgan fingerprint density at radius 1 is 0.661 bits per heavy atom. The molecule has 59 heavy (non-hydrogen) atoms. The van der Waals surface area contributed by atoms with E-state index in [2.05, 4.69) is 154 Å². The average molecular weight is 797 g/mol. The van der Waals surface area contributed by atoms with Gasteiger partial charge in [-0.3, -0.25) is 0 Å². The molecule has 3 aromatic rings. The number of benzene rings is 3. The van der Waals surface area contributed by atoms with Gasteiger partial charge >= 0.3 is 0 Å². The molecular weight excluding hydrogens is 717 g/mol. The van der Waals surface area contributed by atoms with Crippen LogP contribution in [0.25, 0.3) is 0 Å². The van der Waals surface area contributed by atoms with Crippen molar-refractivity contribution in [2.45, 2.75) is 178 Å². The summed E-state index contributed by atoms with van der Waals surface area (Å²) in [7, 11) is 0. The zero-order chi connectivity index (χ0) is 42.8. The average Bonchev–Trinajstić information content (AvgIpc) is 3.18. The lowest BCUT2D eigenvalue weighted by Gasteiger charge is -2.56. The van der Waals surface area contributed by atoms with Crippen LogP contribution in [0.2, 0.25) is 0 Å². The Labute approximate surface area is 362 Å². The molecule has 0 saturated heterocycles. The maximum absolute atomic E-state index is 6.70. The van der Waals surface area contributed by atoms with Gasteiger partial charge in [-0.15, -0.1) is 12.3 Å². The Bertz CT molecular complexity index is 1880. The summed E-state index contributed by atoms with van der Waals surface area (Å²) in [5, 5.41) is 0. The van der Waals surface area contributed by atoms with Crippen molar-refractivity contribution < 1.29 is 9.47 Å². The SMILES string of the molecule is C#CC.CC(C)(C)C.CCC1CC2CC(C)CC(C2)C1(c1ccc(O/C2=C/C=C(/C(C)(C)C)CCCCCC2)cc1)c1ccc(Oc2ccc(C)c3c2CCCC3)cc1. The monoisotopic (exact) mass is 797 g/mol. The van der Waals surface area contributed by atoms with Gasteiger partial charge in [-0.25, -0.2) is 0 Å². The van der Waals surface area contributed by atoms with Gasteiger partial charge in [0.2, 0.25) is 0 Å². The van der Waals surface area contributed by atoms with Crippen molar-refractivity contribution in [2.75, 3.05) is 0 Å². The minimum Gasteiger partial charge on any atom is -0.462 e. The maximum Gasteiger partial charge on any atom is 0.130 e. The van der Waals surface area contributed by atoms with E-state index in [0.717, 1.165) is 47.7 Å². The molecule has 2 heteroatoms. The van der Waals surface area contributed by atoms with Crippen LogP contribution >= 0.6 is 0 Å². The molecule has 0 aromatic heterocycles. The Hall–Kier alpha value is -3.70. The summed E-state index contributed by atoms with van der Waals surface area (Å²) in [6.07, 6.45) is 27.9.